The van der Waals surface area contributed by atoms with Crippen LogP contribution in [0.15, 0.2) is 54.6 Å². The Morgan fingerprint density at radius 2 is 1.53 bits per heavy atom. The Balaban J connectivity index is 1.35. The average Bonchev–Trinajstić information content (AvgIpc) is 3.13. The van der Waals surface area contributed by atoms with Gasteiger partial charge >= 0.3 is 0 Å². The Morgan fingerprint density at radius 1 is 0.861 bits per heavy atom. The number of likely N-dealkylation sites (tertiary alicyclic amines) is 1. The number of likely N-dealkylation sites (N-methyl/N-ethyl adjacent to an activating group) is 1. The molecule has 7 heteroatoms. The molecule has 0 radical (unpaired) electrons. The Morgan fingerprint density at radius 3 is 2.14 bits per heavy atom. The molecule has 3 aliphatic rings. The lowest BCUT2D eigenvalue weighted by molar-refractivity contribution is -0.149. The molecule has 3 fully saturated rings. The summed E-state index contributed by atoms with van der Waals surface area (Å²) in [5.74, 6) is -0.928. The Labute approximate surface area is 212 Å². The van der Waals surface area contributed by atoms with Crippen molar-refractivity contribution in [2.45, 2.75) is 56.4 Å². The Hall–Kier alpha value is -3.48. The summed E-state index contributed by atoms with van der Waals surface area (Å²) in [4.78, 5) is 57.1. The van der Waals surface area contributed by atoms with E-state index in [2.05, 4.69) is 0 Å². The number of amides is 4. The minimum absolute atomic E-state index is 0.0197. The van der Waals surface area contributed by atoms with E-state index in [4.69, 9.17) is 0 Å². The Kier molecular flexibility index (Phi) is 6.65. The summed E-state index contributed by atoms with van der Waals surface area (Å²) in [5, 5.41) is 0. The number of carbonyl (C=O) groups is 4. The molecule has 36 heavy (non-hydrogen) atoms. The molecule has 2 aromatic carbocycles. The minimum atomic E-state index is -1.25. The molecule has 4 amide bonds. The third-order valence-corrected chi connectivity index (χ3v) is 8.16. The van der Waals surface area contributed by atoms with E-state index in [0.717, 1.165) is 41.7 Å². The molecule has 188 valence electrons. The number of rotatable bonds is 5. The summed E-state index contributed by atoms with van der Waals surface area (Å²) in [7, 11) is 1.47. The van der Waals surface area contributed by atoms with Crippen molar-refractivity contribution in [1.82, 2.24) is 14.7 Å². The van der Waals surface area contributed by atoms with E-state index >= 15 is 0 Å². The van der Waals surface area contributed by atoms with Gasteiger partial charge in [-0.15, -0.1) is 0 Å². The van der Waals surface area contributed by atoms with Crippen molar-refractivity contribution in [2.75, 3.05) is 26.7 Å². The normalized spacial score (nSPS) is 23.5. The SMILES string of the molecule is CN1C(=O)CC(CC(=O)N2CCN(C3CCCCC3)C(=O)C2)(c2ccc(-c3ccccc3)cc2)C1=O. The van der Waals surface area contributed by atoms with Crippen molar-refractivity contribution in [3.63, 3.8) is 0 Å². The fraction of sp³-hybridized carbons (Fsp3) is 0.448. The number of imide groups is 1. The van der Waals surface area contributed by atoms with Gasteiger partial charge in [0.15, 0.2) is 0 Å². The summed E-state index contributed by atoms with van der Waals surface area (Å²) >= 11 is 0. The van der Waals surface area contributed by atoms with Crippen LogP contribution in [0.5, 0.6) is 0 Å². The summed E-state index contributed by atoms with van der Waals surface area (Å²) in [6, 6.07) is 17.8. The fourth-order valence-electron chi connectivity index (χ4n) is 6.01. The highest BCUT2D eigenvalue weighted by Crippen LogP contribution is 2.40. The number of hydrogen-bond donors (Lipinski definition) is 0. The molecule has 1 aliphatic carbocycles. The van der Waals surface area contributed by atoms with Gasteiger partial charge < -0.3 is 9.80 Å². The van der Waals surface area contributed by atoms with Gasteiger partial charge in [0.1, 0.15) is 0 Å². The molecule has 2 aliphatic heterocycles. The van der Waals surface area contributed by atoms with Crippen LogP contribution in [0.3, 0.4) is 0 Å². The average molecular weight is 488 g/mol. The predicted molar refractivity (Wildman–Crippen MR) is 136 cm³/mol. The van der Waals surface area contributed by atoms with Crippen molar-refractivity contribution >= 4 is 23.6 Å². The highest BCUT2D eigenvalue weighted by molar-refractivity contribution is 6.10. The maximum atomic E-state index is 13.5. The second-order valence-corrected chi connectivity index (χ2v) is 10.3. The molecule has 0 spiro atoms. The van der Waals surface area contributed by atoms with Crippen LogP contribution in [0.2, 0.25) is 0 Å². The second-order valence-electron chi connectivity index (χ2n) is 10.3. The van der Waals surface area contributed by atoms with Crippen molar-refractivity contribution in [3.8, 4) is 11.1 Å². The Bertz CT molecular complexity index is 1160. The van der Waals surface area contributed by atoms with Crippen molar-refractivity contribution in [2.24, 2.45) is 0 Å². The van der Waals surface area contributed by atoms with E-state index < -0.39 is 5.41 Å². The first-order valence-electron chi connectivity index (χ1n) is 12.9. The molecule has 1 saturated carbocycles. The third kappa shape index (κ3) is 4.43. The number of nitrogens with zero attached hydrogens (tertiary/aromatic N) is 3. The summed E-state index contributed by atoms with van der Waals surface area (Å²) < 4.78 is 0. The lowest BCUT2D eigenvalue weighted by atomic mass is 9.75. The minimum Gasteiger partial charge on any atom is -0.336 e. The quantitative estimate of drug-likeness (QED) is 0.606. The molecule has 0 aromatic heterocycles. The van der Waals surface area contributed by atoms with Crippen LogP contribution in [0, 0.1) is 0 Å². The molecule has 2 saturated heterocycles. The van der Waals surface area contributed by atoms with Gasteiger partial charge in [0.2, 0.25) is 23.6 Å². The van der Waals surface area contributed by atoms with Crippen molar-refractivity contribution in [1.29, 1.82) is 0 Å². The molecule has 2 heterocycles. The number of carbonyl (C=O) groups excluding carboxylic acids is 4. The van der Waals surface area contributed by atoms with Crippen LogP contribution in [-0.2, 0) is 24.6 Å². The van der Waals surface area contributed by atoms with Gasteiger partial charge in [-0.2, -0.15) is 0 Å². The lowest BCUT2D eigenvalue weighted by Crippen LogP contribution is -2.56. The van der Waals surface area contributed by atoms with Gasteiger partial charge in [-0.25, -0.2) is 0 Å². The molecule has 7 nitrogen and oxygen atoms in total. The van der Waals surface area contributed by atoms with Gasteiger partial charge in [0.05, 0.1) is 12.0 Å². The van der Waals surface area contributed by atoms with Crippen LogP contribution in [0.4, 0.5) is 0 Å². The molecule has 1 atom stereocenters. The first-order valence-corrected chi connectivity index (χ1v) is 12.9. The number of piperazine rings is 1. The van der Waals surface area contributed by atoms with Gasteiger partial charge in [-0.3, -0.25) is 24.1 Å². The maximum absolute atomic E-state index is 13.5. The second kappa shape index (κ2) is 9.88. The highest BCUT2D eigenvalue weighted by Gasteiger charge is 2.53. The zero-order valence-electron chi connectivity index (χ0n) is 20.8. The van der Waals surface area contributed by atoms with E-state index in [9.17, 15) is 19.2 Å². The summed E-state index contributed by atoms with van der Waals surface area (Å²) in [6.07, 6.45) is 5.41. The van der Waals surface area contributed by atoms with Crippen LogP contribution < -0.4 is 0 Å². The van der Waals surface area contributed by atoms with Crippen molar-refractivity contribution in [3.05, 3.63) is 60.2 Å². The monoisotopic (exact) mass is 487 g/mol. The van der Waals surface area contributed by atoms with Gasteiger partial charge in [0.25, 0.3) is 0 Å². The van der Waals surface area contributed by atoms with Gasteiger partial charge in [0, 0.05) is 39.0 Å². The zero-order valence-corrected chi connectivity index (χ0v) is 20.8. The topological polar surface area (TPSA) is 78.0 Å². The van der Waals surface area contributed by atoms with E-state index in [-0.39, 0.29) is 49.1 Å². The van der Waals surface area contributed by atoms with Crippen LogP contribution in [-0.4, -0.2) is 71.1 Å². The molecule has 0 N–H and O–H groups in total. The van der Waals surface area contributed by atoms with E-state index in [1.165, 1.54) is 13.5 Å². The molecular weight excluding hydrogens is 454 g/mol. The van der Waals surface area contributed by atoms with E-state index in [1.807, 2.05) is 59.5 Å². The maximum Gasteiger partial charge on any atom is 0.242 e. The van der Waals surface area contributed by atoms with Crippen LogP contribution in [0.25, 0.3) is 11.1 Å². The van der Waals surface area contributed by atoms with E-state index in [1.54, 1.807) is 4.90 Å². The first-order chi connectivity index (χ1) is 17.4. The third-order valence-electron chi connectivity index (χ3n) is 8.16. The zero-order chi connectivity index (χ0) is 25.3. The number of benzene rings is 2. The van der Waals surface area contributed by atoms with Gasteiger partial charge in [-0.05, 0) is 29.5 Å². The number of hydrogen-bond acceptors (Lipinski definition) is 4. The smallest absolute Gasteiger partial charge is 0.242 e. The highest BCUT2D eigenvalue weighted by atomic mass is 16.2. The van der Waals surface area contributed by atoms with Gasteiger partial charge in [-0.1, -0.05) is 73.9 Å². The summed E-state index contributed by atoms with van der Waals surface area (Å²) in [5.41, 5.74) is 1.46. The standard InChI is InChI=1S/C29H33N3O4/c1-30-25(33)18-29(28(30)36,23-14-12-22(13-15-23)21-8-4-2-5-9-21)19-26(34)31-16-17-32(27(35)20-31)24-10-6-3-7-11-24/h2,4-5,8-9,12-15,24H,3,6-7,10-11,16-20H2,1H3. The predicted octanol–water partition coefficient (Wildman–Crippen LogP) is 3.37. The molecular formula is C29H33N3O4. The molecule has 0 bridgehead atoms. The summed E-state index contributed by atoms with van der Waals surface area (Å²) in [6.45, 7) is 1.03. The fourth-order valence-corrected chi connectivity index (χ4v) is 6.01. The van der Waals surface area contributed by atoms with Crippen LogP contribution >= 0.6 is 0 Å². The molecule has 5 rings (SSSR count). The largest absolute Gasteiger partial charge is 0.336 e. The molecule has 1 unspecified atom stereocenters. The van der Waals surface area contributed by atoms with Crippen LogP contribution in [0.1, 0.15) is 50.5 Å². The lowest BCUT2D eigenvalue weighted by Gasteiger charge is -2.41. The first kappa shape index (κ1) is 24.2. The van der Waals surface area contributed by atoms with E-state index in [0.29, 0.717) is 18.7 Å². The van der Waals surface area contributed by atoms with Crippen molar-refractivity contribution < 1.29 is 19.2 Å². The molecule has 2 aromatic rings.